The van der Waals surface area contributed by atoms with Gasteiger partial charge >= 0.3 is 5.97 Å². The van der Waals surface area contributed by atoms with Crippen LogP contribution in [-0.4, -0.2) is 62.0 Å². The van der Waals surface area contributed by atoms with Gasteiger partial charge in [0, 0.05) is 45.8 Å². The summed E-state index contributed by atoms with van der Waals surface area (Å²) in [5, 5.41) is 0. The van der Waals surface area contributed by atoms with E-state index in [2.05, 4.69) is 24.3 Å². The van der Waals surface area contributed by atoms with Crippen LogP contribution in [0.2, 0.25) is 0 Å². The molecule has 35 heavy (non-hydrogen) atoms. The van der Waals surface area contributed by atoms with Crippen molar-refractivity contribution >= 4 is 16.0 Å². The second-order valence-corrected chi connectivity index (χ2v) is 12.7. The van der Waals surface area contributed by atoms with E-state index >= 15 is 0 Å². The van der Waals surface area contributed by atoms with Crippen molar-refractivity contribution in [2.45, 2.75) is 76.3 Å². The zero-order valence-electron chi connectivity index (χ0n) is 21.4. The average Bonchev–Trinajstić information content (AvgIpc) is 2.83. The van der Waals surface area contributed by atoms with Gasteiger partial charge in [-0.1, -0.05) is 42.5 Å². The van der Waals surface area contributed by atoms with E-state index in [-0.39, 0.29) is 26.1 Å². The number of ether oxygens (including phenoxy) is 3. The van der Waals surface area contributed by atoms with Crippen LogP contribution in [0, 0.1) is 5.92 Å². The molecule has 0 bridgehead atoms. The Morgan fingerprint density at radius 1 is 1.14 bits per heavy atom. The monoisotopic (exact) mass is 507 g/mol. The lowest BCUT2D eigenvalue weighted by Crippen LogP contribution is -2.58. The molecule has 3 rings (SSSR count). The van der Waals surface area contributed by atoms with E-state index in [9.17, 15) is 13.2 Å². The third-order valence-electron chi connectivity index (χ3n) is 6.58. The summed E-state index contributed by atoms with van der Waals surface area (Å²) < 4.78 is 44.0. The fourth-order valence-corrected chi connectivity index (χ4v) is 6.67. The molecule has 0 amide bonds. The summed E-state index contributed by atoms with van der Waals surface area (Å²) >= 11 is 0. The first-order chi connectivity index (χ1) is 16.6. The van der Waals surface area contributed by atoms with Gasteiger partial charge in [0.2, 0.25) is 10.0 Å². The summed E-state index contributed by atoms with van der Waals surface area (Å²) in [6.07, 6.45) is 8.06. The van der Waals surface area contributed by atoms with Crippen LogP contribution >= 0.6 is 0 Å². The number of sulfonamides is 1. The summed E-state index contributed by atoms with van der Waals surface area (Å²) in [5.74, 6) is -0.302. The third-order valence-corrected chi connectivity index (χ3v) is 9.19. The first kappa shape index (κ1) is 27.8. The van der Waals surface area contributed by atoms with Crippen LogP contribution in [0.3, 0.4) is 0 Å². The molecule has 0 radical (unpaired) electrons. The van der Waals surface area contributed by atoms with Gasteiger partial charge in [0.25, 0.3) is 0 Å². The van der Waals surface area contributed by atoms with Crippen LogP contribution in [0.4, 0.5) is 0 Å². The van der Waals surface area contributed by atoms with Crippen LogP contribution in [0.25, 0.3) is 0 Å². The zero-order chi connectivity index (χ0) is 25.4. The summed E-state index contributed by atoms with van der Waals surface area (Å²) in [6, 6.07) is 10.1. The maximum Gasteiger partial charge on any atom is 0.329 e. The number of rotatable bonds is 10. The highest BCUT2D eigenvalue weighted by Gasteiger charge is 2.56. The molecule has 8 heteroatoms. The third kappa shape index (κ3) is 7.62. The van der Waals surface area contributed by atoms with Gasteiger partial charge in [0.05, 0.1) is 6.61 Å². The number of carbonyl (C=O) groups excluding carboxylic acids is 1. The van der Waals surface area contributed by atoms with Gasteiger partial charge in [0.15, 0.2) is 4.75 Å². The SMILES string of the molecule is CC(C)(C)OC(=O)C1(S(=O)(=O)N2CCC(C=CCCCOCc3ccccc3)CC2)CCOCC1. The molecule has 0 spiro atoms. The molecule has 2 saturated heterocycles. The normalized spacial score (nSPS) is 20.2. The predicted molar refractivity (Wildman–Crippen MR) is 136 cm³/mol. The smallest absolute Gasteiger partial charge is 0.329 e. The molecule has 0 unspecified atom stereocenters. The van der Waals surface area contributed by atoms with Gasteiger partial charge < -0.3 is 14.2 Å². The number of nitrogens with zero attached hydrogens (tertiary/aromatic N) is 1. The Balaban J connectivity index is 1.47. The number of hydrogen-bond acceptors (Lipinski definition) is 6. The Labute approximate surface area is 210 Å². The van der Waals surface area contributed by atoms with Crippen LogP contribution < -0.4 is 0 Å². The summed E-state index contributed by atoms with van der Waals surface area (Å²) in [4.78, 5) is 13.1. The van der Waals surface area contributed by atoms with E-state index in [1.807, 2.05) is 18.2 Å². The van der Waals surface area contributed by atoms with Crippen molar-refractivity contribution in [2.24, 2.45) is 5.92 Å². The van der Waals surface area contributed by atoms with Gasteiger partial charge in [-0.25, -0.2) is 12.7 Å². The van der Waals surface area contributed by atoms with Crippen LogP contribution in [0.5, 0.6) is 0 Å². The number of benzene rings is 1. The molecule has 2 heterocycles. The number of hydrogen-bond donors (Lipinski definition) is 0. The van der Waals surface area contributed by atoms with Crippen LogP contribution in [0.1, 0.15) is 64.9 Å². The quantitative estimate of drug-likeness (QED) is 0.264. The standard InChI is InChI=1S/C27H41NO6S/c1-26(2,3)34-25(29)27(15-20-32-21-16-27)35(30,31)28-17-13-23(14-18-28)10-8-5-9-19-33-22-24-11-6-4-7-12-24/h4,6-8,10-12,23H,5,9,13-22H2,1-3H3. The van der Waals surface area contributed by atoms with Crippen molar-refractivity contribution in [3.8, 4) is 0 Å². The van der Waals surface area contributed by atoms with Crippen molar-refractivity contribution < 1.29 is 27.4 Å². The molecule has 1 aromatic rings. The van der Waals surface area contributed by atoms with Crippen molar-refractivity contribution in [3.05, 3.63) is 48.0 Å². The minimum absolute atomic E-state index is 0.135. The molecule has 7 nitrogen and oxygen atoms in total. The van der Waals surface area contributed by atoms with Gasteiger partial charge in [-0.3, -0.25) is 4.79 Å². The minimum Gasteiger partial charge on any atom is -0.459 e. The van der Waals surface area contributed by atoms with Crippen LogP contribution in [0.15, 0.2) is 42.5 Å². The molecule has 2 aliphatic rings. The van der Waals surface area contributed by atoms with E-state index in [0.29, 0.717) is 32.2 Å². The van der Waals surface area contributed by atoms with Gasteiger partial charge in [-0.05, 0) is 57.9 Å². The number of allylic oxidation sites excluding steroid dienone is 2. The van der Waals surface area contributed by atoms with Gasteiger partial charge in [-0.15, -0.1) is 0 Å². The molecule has 0 atom stereocenters. The van der Waals surface area contributed by atoms with E-state index in [1.165, 1.54) is 9.87 Å². The lowest BCUT2D eigenvalue weighted by Gasteiger charge is -2.41. The molecule has 2 fully saturated rings. The van der Waals surface area contributed by atoms with E-state index in [4.69, 9.17) is 14.2 Å². The van der Waals surface area contributed by atoms with Gasteiger partial charge in [-0.2, -0.15) is 0 Å². The Hall–Kier alpha value is -1.74. The average molecular weight is 508 g/mol. The fourth-order valence-electron chi connectivity index (χ4n) is 4.55. The lowest BCUT2D eigenvalue weighted by molar-refractivity contribution is -0.161. The fraction of sp³-hybridized carbons (Fsp3) is 0.667. The highest BCUT2D eigenvalue weighted by molar-refractivity contribution is 7.91. The Kier molecular flexibility index (Phi) is 9.93. The first-order valence-corrected chi connectivity index (χ1v) is 14.2. The van der Waals surface area contributed by atoms with Crippen molar-refractivity contribution in [3.63, 3.8) is 0 Å². The topological polar surface area (TPSA) is 82.1 Å². The number of carbonyl (C=O) groups is 1. The number of esters is 1. The molecule has 2 aliphatic heterocycles. The van der Waals surface area contributed by atoms with Crippen molar-refractivity contribution in [1.82, 2.24) is 4.31 Å². The molecule has 0 N–H and O–H groups in total. The highest BCUT2D eigenvalue weighted by Crippen LogP contribution is 2.37. The molecular weight excluding hydrogens is 466 g/mol. The highest BCUT2D eigenvalue weighted by atomic mass is 32.2. The molecule has 0 saturated carbocycles. The van der Waals surface area contributed by atoms with E-state index in [1.54, 1.807) is 20.8 Å². The molecule has 1 aromatic carbocycles. The molecule has 196 valence electrons. The zero-order valence-corrected chi connectivity index (χ0v) is 22.2. The predicted octanol–water partition coefficient (Wildman–Crippen LogP) is 4.47. The molecule has 0 aliphatic carbocycles. The van der Waals surface area contributed by atoms with E-state index in [0.717, 1.165) is 25.7 Å². The maximum absolute atomic E-state index is 13.7. The number of piperidine rings is 1. The Bertz CT molecular complexity index is 924. The van der Waals surface area contributed by atoms with Crippen molar-refractivity contribution in [2.75, 3.05) is 32.9 Å². The van der Waals surface area contributed by atoms with E-state index < -0.39 is 26.3 Å². The number of unbranched alkanes of at least 4 members (excludes halogenated alkanes) is 1. The Morgan fingerprint density at radius 3 is 2.43 bits per heavy atom. The minimum atomic E-state index is -3.86. The summed E-state index contributed by atoms with van der Waals surface area (Å²) in [7, 11) is -3.86. The molecular formula is C27H41NO6S. The first-order valence-electron chi connectivity index (χ1n) is 12.7. The lowest BCUT2D eigenvalue weighted by atomic mass is 9.97. The van der Waals surface area contributed by atoms with Crippen LogP contribution in [-0.2, 0) is 35.6 Å². The van der Waals surface area contributed by atoms with Crippen molar-refractivity contribution in [1.29, 1.82) is 0 Å². The summed E-state index contributed by atoms with van der Waals surface area (Å²) in [6.45, 7) is 7.96. The summed E-state index contributed by atoms with van der Waals surface area (Å²) in [5.41, 5.74) is 0.432. The van der Waals surface area contributed by atoms with Gasteiger partial charge in [0.1, 0.15) is 5.60 Å². The maximum atomic E-state index is 13.7. The second-order valence-electron chi connectivity index (χ2n) is 10.5. The Morgan fingerprint density at radius 2 is 1.80 bits per heavy atom. The largest absolute Gasteiger partial charge is 0.459 e. The second kappa shape index (κ2) is 12.5. The molecule has 0 aromatic heterocycles.